The van der Waals surface area contributed by atoms with Crippen LogP contribution in [0.3, 0.4) is 0 Å². The molecule has 0 amide bonds. The molecule has 0 N–H and O–H groups in total. The number of rotatable bonds is 32. The van der Waals surface area contributed by atoms with Gasteiger partial charge in [0.15, 0.2) is 0 Å². The summed E-state index contributed by atoms with van der Waals surface area (Å²) in [4.78, 5) is 0. The van der Waals surface area contributed by atoms with Crippen LogP contribution in [0.4, 0.5) is 0 Å². The largest absolute Gasteiger partial charge is 0.0882 e. The van der Waals surface area contributed by atoms with Gasteiger partial charge in [0.25, 0.3) is 0 Å². The maximum Gasteiger partial charge on any atom is -0.0169 e. The van der Waals surface area contributed by atoms with Crippen LogP contribution in [-0.4, -0.2) is 0 Å². The molecule has 0 aromatic carbocycles. The zero-order valence-electron chi connectivity index (χ0n) is 30.6. The van der Waals surface area contributed by atoms with Crippen LogP contribution < -0.4 is 0 Å². The minimum absolute atomic E-state index is 0.713. The fourth-order valence-corrected chi connectivity index (χ4v) is 7.54. The minimum Gasteiger partial charge on any atom is -0.0882 e. The molecule has 256 valence electrons. The third kappa shape index (κ3) is 25.2. The van der Waals surface area contributed by atoms with Crippen molar-refractivity contribution in [1.82, 2.24) is 0 Å². The molecule has 0 aliphatic heterocycles. The van der Waals surface area contributed by atoms with E-state index in [2.05, 4.69) is 69.4 Å². The Balaban J connectivity index is 2.08. The molecular weight excluding hydrogens is 528 g/mol. The number of hydrogen-bond donors (Lipinski definition) is 0. The first kappa shape index (κ1) is 41.0. The Morgan fingerprint density at radius 1 is 0.432 bits per heavy atom. The highest BCUT2D eigenvalue weighted by Crippen LogP contribution is 2.50. The summed E-state index contributed by atoms with van der Waals surface area (Å²) in [6, 6.07) is 0. The first-order valence-corrected chi connectivity index (χ1v) is 20.4. The summed E-state index contributed by atoms with van der Waals surface area (Å²) in [6.07, 6.45) is 62.4. The van der Waals surface area contributed by atoms with Crippen LogP contribution >= 0.6 is 0 Å². The lowest BCUT2D eigenvalue weighted by molar-refractivity contribution is 0.218. The lowest BCUT2D eigenvalue weighted by Crippen LogP contribution is -2.17. The van der Waals surface area contributed by atoms with Crippen LogP contribution in [0.15, 0.2) is 48.6 Å². The molecule has 1 atom stereocenters. The van der Waals surface area contributed by atoms with Crippen molar-refractivity contribution < 1.29 is 0 Å². The summed E-state index contributed by atoms with van der Waals surface area (Å²) < 4.78 is 0. The lowest BCUT2D eigenvalue weighted by Gasteiger charge is -2.30. The predicted molar refractivity (Wildman–Crippen MR) is 203 cm³/mol. The van der Waals surface area contributed by atoms with Crippen molar-refractivity contribution in [3.8, 4) is 0 Å². The first-order chi connectivity index (χ1) is 21.8. The zero-order valence-corrected chi connectivity index (χ0v) is 30.6. The molecule has 1 fully saturated rings. The molecular formula is C44H80. The van der Waals surface area contributed by atoms with Crippen LogP contribution in [0.5, 0.6) is 0 Å². The minimum atomic E-state index is 0.713. The molecule has 44 heavy (non-hydrogen) atoms. The van der Waals surface area contributed by atoms with Gasteiger partial charge < -0.3 is 0 Å². The summed E-state index contributed by atoms with van der Waals surface area (Å²) in [5.74, 6) is 1.04. The van der Waals surface area contributed by atoms with E-state index in [1.807, 2.05) is 0 Å². The van der Waals surface area contributed by atoms with Gasteiger partial charge in [-0.05, 0) is 108 Å². The second-order valence-electron chi connectivity index (χ2n) is 14.6. The van der Waals surface area contributed by atoms with Gasteiger partial charge in [0.05, 0.1) is 0 Å². The fraction of sp³-hybridized carbons (Fsp3) is 0.818. The Morgan fingerprint density at radius 3 is 1.23 bits per heavy atom. The summed E-state index contributed by atoms with van der Waals surface area (Å²) in [6.45, 7) is 6.95. The monoisotopic (exact) mass is 609 g/mol. The van der Waals surface area contributed by atoms with E-state index in [1.54, 1.807) is 6.42 Å². The van der Waals surface area contributed by atoms with Gasteiger partial charge in [-0.2, -0.15) is 0 Å². The van der Waals surface area contributed by atoms with Gasteiger partial charge in [-0.25, -0.2) is 0 Å². The SMILES string of the molecule is CCCCC/C=C\C/C=C\CCCCCCCCC1(CCCCCCCC/C=C\C/C=C\CCCCC)CCC(CCC)C1. The average molecular weight is 609 g/mol. The predicted octanol–water partition coefficient (Wildman–Crippen LogP) is 16.0. The molecule has 0 saturated heterocycles. The number of hydrogen-bond acceptors (Lipinski definition) is 0. The summed E-state index contributed by atoms with van der Waals surface area (Å²) >= 11 is 0. The highest BCUT2D eigenvalue weighted by Gasteiger charge is 2.37. The molecule has 0 spiro atoms. The van der Waals surface area contributed by atoms with Crippen molar-refractivity contribution in [2.24, 2.45) is 11.3 Å². The standard InChI is InChI=1S/C44H80/c1-4-7-9-11-13-15-17-19-21-23-25-27-29-31-33-35-39-44(41-38-43(42-44)37-6-3)40-36-34-32-30-28-26-24-22-20-18-16-14-12-10-8-5-2/h13-16,19-22,43H,4-12,17-18,23-42H2,1-3H3/b15-13-,16-14-,21-19-,22-20-. The van der Waals surface area contributed by atoms with E-state index in [9.17, 15) is 0 Å². The highest BCUT2D eigenvalue weighted by molar-refractivity contribution is 4.94. The molecule has 0 heteroatoms. The topological polar surface area (TPSA) is 0 Å². The van der Waals surface area contributed by atoms with Crippen molar-refractivity contribution in [3.05, 3.63) is 48.6 Å². The molecule has 1 rings (SSSR count). The molecule has 1 unspecified atom stereocenters. The van der Waals surface area contributed by atoms with Gasteiger partial charge in [-0.1, -0.05) is 172 Å². The zero-order chi connectivity index (χ0) is 31.7. The molecule has 1 aliphatic rings. The van der Waals surface area contributed by atoms with Gasteiger partial charge >= 0.3 is 0 Å². The molecule has 0 nitrogen and oxygen atoms in total. The molecule has 1 aliphatic carbocycles. The van der Waals surface area contributed by atoms with Crippen molar-refractivity contribution in [2.45, 2.75) is 220 Å². The maximum atomic E-state index is 2.42. The third-order valence-electron chi connectivity index (χ3n) is 10.3. The van der Waals surface area contributed by atoms with E-state index in [0.717, 1.165) is 18.8 Å². The van der Waals surface area contributed by atoms with Crippen LogP contribution in [-0.2, 0) is 0 Å². The van der Waals surface area contributed by atoms with Crippen LogP contribution in [0.2, 0.25) is 0 Å². The van der Waals surface area contributed by atoms with E-state index in [1.165, 1.54) is 180 Å². The third-order valence-corrected chi connectivity index (χ3v) is 10.3. The quantitative estimate of drug-likeness (QED) is 0.0526. The van der Waals surface area contributed by atoms with Crippen LogP contribution in [0.25, 0.3) is 0 Å². The Bertz CT molecular complexity index is 643. The lowest BCUT2D eigenvalue weighted by atomic mass is 9.75. The summed E-state index contributed by atoms with van der Waals surface area (Å²) in [7, 11) is 0. The molecule has 0 aromatic heterocycles. The maximum absolute atomic E-state index is 2.42. The molecule has 0 aromatic rings. The van der Waals surface area contributed by atoms with Gasteiger partial charge in [-0.3, -0.25) is 0 Å². The van der Waals surface area contributed by atoms with Gasteiger partial charge in [-0.15, -0.1) is 0 Å². The van der Waals surface area contributed by atoms with Crippen molar-refractivity contribution in [3.63, 3.8) is 0 Å². The number of allylic oxidation sites excluding steroid dienone is 8. The highest BCUT2D eigenvalue weighted by atomic mass is 14.4. The molecule has 1 saturated carbocycles. The van der Waals surface area contributed by atoms with E-state index in [0.29, 0.717) is 5.41 Å². The van der Waals surface area contributed by atoms with Gasteiger partial charge in [0, 0.05) is 0 Å². The van der Waals surface area contributed by atoms with Crippen molar-refractivity contribution in [1.29, 1.82) is 0 Å². The van der Waals surface area contributed by atoms with E-state index in [-0.39, 0.29) is 0 Å². The van der Waals surface area contributed by atoms with Crippen molar-refractivity contribution >= 4 is 0 Å². The Labute approximate surface area is 279 Å². The summed E-state index contributed by atoms with van der Waals surface area (Å²) in [5.41, 5.74) is 0.713. The normalized spacial score (nSPS) is 17.0. The van der Waals surface area contributed by atoms with E-state index >= 15 is 0 Å². The van der Waals surface area contributed by atoms with Crippen LogP contribution in [0, 0.1) is 11.3 Å². The molecule has 0 bridgehead atoms. The Hall–Kier alpha value is -1.04. The second-order valence-corrected chi connectivity index (χ2v) is 14.6. The van der Waals surface area contributed by atoms with Crippen LogP contribution in [0.1, 0.15) is 220 Å². The first-order valence-electron chi connectivity index (χ1n) is 20.4. The Kier molecular flexibility index (Phi) is 29.7. The van der Waals surface area contributed by atoms with Gasteiger partial charge in [0.2, 0.25) is 0 Å². The fourth-order valence-electron chi connectivity index (χ4n) is 7.54. The van der Waals surface area contributed by atoms with Crippen molar-refractivity contribution in [2.75, 3.05) is 0 Å². The number of unbranched alkanes of at least 4 members (excludes halogenated alkanes) is 18. The molecule has 0 radical (unpaired) electrons. The molecule has 0 heterocycles. The Morgan fingerprint density at radius 2 is 0.818 bits per heavy atom. The average Bonchev–Trinajstić information content (AvgIpc) is 3.43. The van der Waals surface area contributed by atoms with Gasteiger partial charge in [0.1, 0.15) is 0 Å². The second kappa shape index (κ2) is 31.9. The van der Waals surface area contributed by atoms with E-state index < -0.39 is 0 Å². The smallest absolute Gasteiger partial charge is 0.0169 e. The summed E-state index contributed by atoms with van der Waals surface area (Å²) in [5, 5.41) is 0. The van der Waals surface area contributed by atoms with E-state index in [4.69, 9.17) is 0 Å².